The fraction of sp³-hybridized carbons (Fsp3) is 0.400. The molecule has 4 N–H and O–H groups in total. The number of alkyl halides is 3. The Morgan fingerprint density at radius 2 is 1.91 bits per heavy atom. The minimum absolute atomic E-state index is 0.0138. The maximum Gasteiger partial charge on any atom is 0.423 e. The third-order valence-electron chi connectivity index (χ3n) is 5.27. The van der Waals surface area contributed by atoms with Gasteiger partial charge in [0, 0.05) is 37.6 Å². The second-order valence-electron chi connectivity index (χ2n) is 7.31. The van der Waals surface area contributed by atoms with Crippen molar-refractivity contribution in [3.8, 4) is 11.8 Å². The summed E-state index contributed by atoms with van der Waals surface area (Å²) in [5, 5.41) is 19.0. The fourth-order valence-electron chi connectivity index (χ4n) is 3.38. The maximum atomic E-state index is 13.2. The van der Waals surface area contributed by atoms with Crippen LogP contribution in [0.3, 0.4) is 0 Å². The van der Waals surface area contributed by atoms with Crippen molar-refractivity contribution in [3.05, 3.63) is 42.2 Å². The summed E-state index contributed by atoms with van der Waals surface area (Å²) >= 11 is 0. The highest BCUT2D eigenvalue weighted by atomic mass is 32.2. The Labute approximate surface area is 188 Å². The number of piperazine rings is 1. The Bertz CT molecular complexity index is 1150. The first kappa shape index (κ1) is 24.7. The summed E-state index contributed by atoms with van der Waals surface area (Å²) in [6.07, 6.45) is -3.10. The first-order valence-electron chi connectivity index (χ1n) is 9.71. The van der Waals surface area contributed by atoms with E-state index in [4.69, 9.17) is 10.8 Å². The molecule has 1 aliphatic rings. The van der Waals surface area contributed by atoms with Crippen LogP contribution >= 0.6 is 0 Å². The number of anilines is 2. The molecule has 0 radical (unpaired) electrons. The van der Waals surface area contributed by atoms with Crippen LogP contribution in [0, 0.1) is 11.8 Å². The van der Waals surface area contributed by atoms with Gasteiger partial charge in [0.05, 0.1) is 6.61 Å². The van der Waals surface area contributed by atoms with Gasteiger partial charge in [0.25, 0.3) is 0 Å². The minimum atomic E-state index is -5.10. The SMILES string of the molecule is CC#CC1CN(S(=O)(=O)c2ccc(N)nc2)CCN1c1ccc(C(O)(CO)C(F)(F)F)cn1. The van der Waals surface area contributed by atoms with E-state index in [0.29, 0.717) is 0 Å². The molecule has 1 fully saturated rings. The van der Waals surface area contributed by atoms with E-state index in [1.807, 2.05) is 0 Å². The molecule has 2 atom stereocenters. The first-order valence-corrected chi connectivity index (χ1v) is 11.1. The number of hydrogen-bond acceptors (Lipinski definition) is 8. The lowest BCUT2D eigenvalue weighted by molar-refractivity contribution is -0.277. The largest absolute Gasteiger partial charge is 0.423 e. The number of rotatable bonds is 5. The molecule has 1 aliphatic heterocycles. The highest BCUT2D eigenvalue weighted by Gasteiger charge is 2.55. The summed E-state index contributed by atoms with van der Waals surface area (Å²) in [6.45, 7) is 0.243. The molecular weight excluding hydrogens is 463 g/mol. The van der Waals surface area contributed by atoms with Crippen molar-refractivity contribution in [2.45, 2.75) is 29.6 Å². The quantitative estimate of drug-likeness (QED) is 0.528. The molecule has 0 aromatic carbocycles. The number of hydrogen-bond donors (Lipinski definition) is 3. The van der Waals surface area contributed by atoms with Crippen molar-refractivity contribution >= 4 is 21.7 Å². The van der Waals surface area contributed by atoms with E-state index in [0.717, 1.165) is 12.3 Å². The molecule has 3 rings (SSSR count). The number of aliphatic hydroxyl groups excluding tert-OH is 1. The van der Waals surface area contributed by atoms with Crippen LogP contribution in [0.25, 0.3) is 0 Å². The number of sulfonamides is 1. The number of nitrogens with two attached hydrogens (primary N) is 1. The average molecular weight is 485 g/mol. The highest BCUT2D eigenvalue weighted by Crippen LogP contribution is 2.38. The predicted molar refractivity (Wildman–Crippen MR) is 113 cm³/mol. The molecule has 2 unspecified atom stereocenters. The first-order chi connectivity index (χ1) is 15.4. The Balaban J connectivity index is 1.86. The van der Waals surface area contributed by atoms with Crippen molar-refractivity contribution in [2.75, 3.05) is 36.9 Å². The van der Waals surface area contributed by atoms with Crippen molar-refractivity contribution in [2.24, 2.45) is 0 Å². The molecule has 0 bridgehead atoms. The monoisotopic (exact) mass is 485 g/mol. The molecule has 33 heavy (non-hydrogen) atoms. The summed E-state index contributed by atoms with van der Waals surface area (Å²) in [4.78, 5) is 9.47. The van der Waals surface area contributed by atoms with Gasteiger partial charge in [-0.25, -0.2) is 18.4 Å². The molecule has 1 saturated heterocycles. The van der Waals surface area contributed by atoms with Crippen LogP contribution in [0.2, 0.25) is 0 Å². The Hall–Kier alpha value is -2.92. The van der Waals surface area contributed by atoms with Crippen LogP contribution < -0.4 is 10.6 Å². The molecule has 9 nitrogen and oxygen atoms in total. The van der Waals surface area contributed by atoms with Gasteiger partial charge < -0.3 is 20.8 Å². The molecule has 0 amide bonds. The van der Waals surface area contributed by atoms with Gasteiger partial charge in [-0.05, 0) is 25.1 Å². The fourth-order valence-corrected chi connectivity index (χ4v) is 4.76. The summed E-state index contributed by atoms with van der Waals surface area (Å²) in [5.74, 6) is 6.06. The minimum Gasteiger partial charge on any atom is -0.393 e. The average Bonchev–Trinajstić information content (AvgIpc) is 2.78. The van der Waals surface area contributed by atoms with Crippen LogP contribution in [0.5, 0.6) is 0 Å². The summed E-state index contributed by atoms with van der Waals surface area (Å²) in [7, 11) is -3.87. The molecule has 0 saturated carbocycles. The zero-order chi connectivity index (χ0) is 24.4. The topological polar surface area (TPSA) is 133 Å². The number of halogens is 3. The van der Waals surface area contributed by atoms with Crippen LogP contribution in [0.1, 0.15) is 12.5 Å². The van der Waals surface area contributed by atoms with Gasteiger partial charge in [-0.2, -0.15) is 17.5 Å². The van der Waals surface area contributed by atoms with Gasteiger partial charge in [0.1, 0.15) is 22.6 Å². The van der Waals surface area contributed by atoms with Gasteiger partial charge >= 0.3 is 6.18 Å². The van der Waals surface area contributed by atoms with Crippen molar-refractivity contribution in [3.63, 3.8) is 0 Å². The molecule has 3 heterocycles. The Morgan fingerprint density at radius 1 is 1.18 bits per heavy atom. The highest BCUT2D eigenvalue weighted by molar-refractivity contribution is 7.89. The Morgan fingerprint density at radius 3 is 2.42 bits per heavy atom. The van der Waals surface area contributed by atoms with E-state index in [2.05, 4.69) is 21.8 Å². The summed E-state index contributed by atoms with van der Waals surface area (Å²) in [6, 6.07) is 4.39. The van der Waals surface area contributed by atoms with E-state index in [-0.39, 0.29) is 36.2 Å². The molecule has 13 heteroatoms. The van der Waals surface area contributed by atoms with Gasteiger partial charge in [-0.15, -0.1) is 5.92 Å². The zero-order valence-electron chi connectivity index (χ0n) is 17.5. The van der Waals surface area contributed by atoms with Crippen molar-refractivity contribution in [1.82, 2.24) is 14.3 Å². The van der Waals surface area contributed by atoms with E-state index >= 15 is 0 Å². The molecular formula is C20H22F3N5O4S. The normalized spacial score (nSPS) is 19.5. The Kier molecular flexibility index (Phi) is 6.85. The van der Waals surface area contributed by atoms with E-state index in [1.54, 1.807) is 11.8 Å². The number of aliphatic hydroxyl groups is 2. The summed E-state index contributed by atoms with van der Waals surface area (Å²) < 4.78 is 66.8. The lowest BCUT2D eigenvalue weighted by Crippen LogP contribution is -2.54. The third-order valence-corrected chi connectivity index (χ3v) is 7.12. The van der Waals surface area contributed by atoms with Crippen LogP contribution in [-0.2, 0) is 15.6 Å². The van der Waals surface area contributed by atoms with Crippen LogP contribution in [0.15, 0.2) is 41.6 Å². The molecule has 0 spiro atoms. The van der Waals surface area contributed by atoms with Crippen molar-refractivity contribution < 1.29 is 31.8 Å². The lowest BCUT2D eigenvalue weighted by Gasteiger charge is -2.39. The lowest BCUT2D eigenvalue weighted by atomic mass is 9.95. The van der Waals surface area contributed by atoms with Crippen LogP contribution in [-0.4, -0.2) is 71.4 Å². The summed E-state index contributed by atoms with van der Waals surface area (Å²) in [5.41, 5.74) is 1.46. The van der Waals surface area contributed by atoms with Crippen molar-refractivity contribution in [1.29, 1.82) is 0 Å². The van der Waals surface area contributed by atoms with Gasteiger partial charge in [-0.3, -0.25) is 0 Å². The second-order valence-corrected chi connectivity index (χ2v) is 9.24. The number of aromatic nitrogens is 2. The molecule has 0 aliphatic carbocycles. The standard InChI is InChI=1S/C20H22F3N5O4S/c1-2-3-15-12-27(33(31,32)16-5-6-17(24)25-11-16)8-9-28(15)18-7-4-14(10-26-18)19(30,13-29)20(21,22)23/h4-7,10-11,15,29-30H,8-9,12-13H2,1H3,(H2,24,25). The maximum absolute atomic E-state index is 13.2. The predicted octanol–water partition coefficient (Wildman–Crippen LogP) is 0.704. The number of nitrogen functional groups attached to an aromatic ring is 1. The number of nitrogens with zero attached hydrogens (tertiary/aromatic N) is 4. The van der Waals surface area contributed by atoms with E-state index in [1.165, 1.54) is 28.7 Å². The van der Waals surface area contributed by atoms with Gasteiger partial charge in [0.2, 0.25) is 15.6 Å². The molecule has 2 aromatic rings. The smallest absolute Gasteiger partial charge is 0.393 e. The molecule has 2 aromatic heterocycles. The van der Waals surface area contributed by atoms with Gasteiger partial charge in [0.15, 0.2) is 0 Å². The van der Waals surface area contributed by atoms with Gasteiger partial charge in [-0.1, -0.05) is 12.0 Å². The number of pyridine rings is 2. The zero-order valence-corrected chi connectivity index (χ0v) is 18.3. The molecule has 178 valence electrons. The van der Waals surface area contributed by atoms with E-state index in [9.17, 15) is 26.7 Å². The van der Waals surface area contributed by atoms with E-state index < -0.39 is 40.0 Å². The second kappa shape index (κ2) is 9.14. The third kappa shape index (κ3) is 4.74. The van der Waals surface area contributed by atoms with Crippen LogP contribution in [0.4, 0.5) is 24.8 Å².